The maximum absolute atomic E-state index is 4.28. The second-order valence-electron chi connectivity index (χ2n) is 4.44. The molecular formula is C12H20N2. The van der Waals surface area contributed by atoms with Crippen molar-refractivity contribution in [1.29, 1.82) is 0 Å². The van der Waals surface area contributed by atoms with E-state index in [0.29, 0.717) is 0 Å². The Morgan fingerprint density at radius 3 is 2.86 bits per heavy atom. The van der Waals surface area contributed by atoms with Gasteiger partial charge in [0.2, 0.25) is 0 Å². The van der Waals surface area contributed by atoms with Crippen LogP contribution in [0.25, 0.3) is 0 Å². The van der Waals surface area contributed by atoms with Gasteiger partial charge in [-0.3, -0.25) is 4.68 Å². The molecule has 0 aliphatic heterocycles. The molecule has 0 amide bonds. The SMILES string of the molecule is CCC1CCCCC1c1ccnn1C. The first-order chi connectivity index (χ1) is 6.83. The van der Waals surface area contributed by atoms with Gasteiger partial charge in [0, 0.05) is 24.9 Å². The molecule has 0 bridgehead atoms. The first-order valence-electron chi connectivity index (χ1n) is 5.80. The molecule has 0 aromatic carbocycles. The van der Waals surface area contributed by atoms with Crippen molar-refractivity contribution in [2.24, 2.45) is 13.0 Å². The molecule has 2 heteroatoms. The van der Waals surface area contributed by atoms with Crippen LogP contribution < -0.4 is 0 Å². The van der Waals surface area contributed by atoms with Gasteiger partial charge in [0.25, 0.3) is 0 Å². The van der Waals surface area contributed by atoms with Crippen LogP contribution in [0.3, 0.4) is 0 Å². The maximum Gasteiger partial charge on any atom is 0.0492 e. The van der Waals surface area contributed by atoms with Gasteiger partial charge in [-0.2, -0.15) is 5.10 Å². The zero-order valence-corrected chi connectivity index (χ0v) is 9.24. The minimum atomic E-state index is 0.765. The highest BCUT2D eigenvalue weighted by atomic mass is 15.3. The minimum Gasteiger partial charge on any atom is -0.272 e. The van der Waals surface area contributed by atoms with Crippen LogP contribution in [0.5, 0.6) is 0 Å². The van der Waals surface area contributed by atoms with Crippen molar-refractivity contribution in [3.8, 4) is 0 Å². The van der Waals surface area contributed by atoms with Crippen LogP contribution in [0.1, 0.15) is 50.6 Å². The Balaban J connectivity index is 2.19. The Morgan fingerprint density at radius 1 is 1.43 bits per heavy atom. The van der Waals surface area contributed by atoms with Gasteiger partial charge in [-0.15, -0.1) is 0 Å². The van der Waals surface area contributed by atoms with E-state index in [1.807, 2.05) is 6.20 Å². The third-order valence-corrected chi connectivity index (χ3v) is 3.67. The molecular weight excluding hydrogens is 172 g/mol. The van der Waals surface area contributed by atoms with Crippen molar-refractivity contribution in [3.05, 3.63) is 18.0 Å². The number of nitrogens with zero attached hydrogens (tertiary/aromatic N) is 2. The van der Waals surface area contributed by atoms with Crippen molar-refractivity contribution in [3.63, 3.8) is 0 Å². The fourth-order valence-corrected chi connectivity index (χ4v) is 2.83. The summed E-state index contributed by atoms with van der Waals surface area (Å²) < 4.78 is 2.05. The van der Waals surface area contributed by atoms with Crippen molar-refractivity contribution in [2.45, 2.75) is 44.9 Å². The molecule has 0 spiro atoms. The van der Waals surface area contributed by atoms with Crippen molar-refractivity contribution in [1.82, 2.24) is 9.78 Å². The molecule has 0 saturated heterocycles. The van der Waals surface area contributed by atoms with Gasteiger partial charge in [-0.05, 0) is 24.8 Å². The van der Waals surface area contributed by atoms with Crippen molar-refractivity contribution in [2.75, 3.05) is 0 Å². The third-order valence-electron chi connectivity index (χ3n) is 3.67. The number of rotatable bonds is 2. The van der Waals surface area contributed by atoms with Gasteiger partial charge in [0.15, 0.2) is 0 Å². The minimum absolute atomic E-state index is 0.765. The van der Waals surface area contributed by atoms with E-state index in [2.05, 4.69) is 29.8 Å². The fraction of sp³-hybridized carbons (Fsp3) is 0.750. The van der Waals surface area contributed by atoms with E-state index in [9.17, 15) is 0 Å². The largest absolute Gasteiger partial charge is 0.272 e. The van der Waals surface area contributed by atoms with E-state index in [0.717, 1.165) is 11.8 Å². The topological polar surface area (TPSA) is 17.8 Å². The van der Waals surface area contributed by atoms with Crippen molar-refractivity contribution < 1.29 is 0 Å². The molecule has 1 aliphatic carbocycles. The standard InChI is InChI=1S/C12H20N2/c1-3-10-6-4-5-7-11(10)12-8-9-13-14(12)2/h8-11H,3-7H2,1-2H3. The molecule has 2 nitrogen and oxygen atoms in total. The summed E-state index contributed by atoms with van der Waals surface area (Å²) in [6.45, 7) is 2.32. The molecule has 1 heterocycles. The highest BCUT2D eigenvalue weighted by Crippen LogP contribution is 2.38. The van der Waals surface area contributed by atoms with Crippen LogP contribution in [0.4, 0.5) is 0 Å². The van der Waals surface area contributed by atoms with Crippen LogP contribution in [0, 0.1) is 5.92 Å². The zero-order valence-electron chi connectivity index (χ0n) is 9.24. The molecule has 78 valence electrons. The summed E-state index contributed by atoms with van der Waals surface area (Å²) in [5.41, 5.74) is 1.44. The molecule has 0 N–H and O–H groups in total. The van der Waals surface area contributed by atoms with Gasteiger partial charge >= 0.3 is 0 Å². The lowest BCUT2D eigenvalue weighted by molar-refractivity contribution is 0.289. The lowest BCUT2D eigenvalue weighted by Gasteiger charge is -2.30. The Bertz CT molecular complexity index is 290. The number of aryl methyl sites for hydroxylation is 1. The maximum atomic E-state index is 4.28. The normalized spacial score (nSPS) is 27.9. The smallest absolute Gasteiger partial charge is 0.0492 e. The second-order valence-corrected chi connectivity index (χ2v) is 4.44. The summed E-state index contributed by atoms with van der Waals surface area (Å²) in [5.74, 6) is 1.65. The zero-order chi connectivity index (χ0) is 9.97. The monoisotopic (exact) mass is 192 g/mol. The number of hydrogen-bond acceptors (Lipinski definition) is 1. The average Bonchev–Trinajstić information content (AvgIpc) is 2.64. The van der Waals surface area contributed by atoms with E-state index in [1.54, 1.807) is 0 Å². The predicted octanol–water partition coefficient (Wildman–Crippen LogP) is 3.10. The summed E-state index contributed by atoms with van der Waals surface area (Å²) >= 11 is 0. The summed E-state index contributed by atoms with van der Waals surface area (Å²) in [7, 11) is 2.07. The molecule has 1 saturated carbocycles. The van der Waals surface area contributed by atoms with E-state index >= 15 is 0 Å². The van der Waals surface area contributed by atoms with E-state index in [1.165, 1.54) is 37.8 Å². The highest BCUT2D eigenvalue weighted by molar-refractivity contribution is 5.10. The molecule has 0 radical (unpaired) electrons. The van der Waals surface area contributed by atoms with Crippen LogP contribution >= 0.6 is 0 Å². The lowest BCUT2D eigenvalue weighted by atomic mass is 9.76. The Kier molecular flexibility index (Phi) is 2.90. The first kappa shape index (κ1) is 9.75. The highest BCUT2D eigenvalue weighted by Gasteiger charge is 2.26. The van der Waals surface area contributed by atoms with E-state index < -0.39 is 0 Å². The molecule has 2 atom stereocenters. The summed E-state index contributed by atoms with van der Waals surface area (Å²) in [5, 5.41) is 4.28. The quantitative estimate of drug-likeness (QED) is 0.704. The second kappa shape index (κ2) is 4.16. The molecule has 1 aromatic rings. The Labute approximate surface area is 86.3 Å². The van der Waals surface area contributed by atoms with Crippen molar-refractivity contribution >= 4 is 0 Å². The van der Waals surface area contributed by atoms with Gasteiger partial charge < -0.3 is 0 Å². The number of aromatic nitrogens is 2. The van der Waals surface area contributed by atoms with E-state index in [4.69, 9.17) is 0 Å². The van der Waals surface area contributed by atoms with Gasteiger partial charge in [-0.1, -0.05) is 26.2 Å². The van der Waals surface area contributed by atoms with Gasteiger partial charge in [0.1, 0.15) is 0 Å². The molecule has 14 heavy (non-hydrogen) atoms. The predicted molar refractivity (Wildman–Crippen MR) is 58.2 cm³/mol. The molecule has 2 rings (SSSR count). The van der Waals surface area contributed by atoms with Crippen LogP contribution in [-0.2, 0) is 7.05 Å². The molecule has 1 aliphatic rings. The lowest BCUT2D eigenvalue weighted by Crippen LogP contribution is -2.19. The van der Waals surface area contributed by atoms with Gasteiger partial charge in [-0.25, -0.2) is 0 Å². The Morgan fingerprint density at radius 2 is 2.21 bits per heavy atom. The van der Waals surface area contributed by atoms with E-state index in [-0.39, 0.29) is 0 Å². The molecule has 1 fully saturated rings. The Hall–Kier alpha value is -0.790. The summed E-state index contributed by atoms with van der Waals surface area (Å²) in [6.07, 6.45) is 8.83. The first-order valence-corrected chi connectivity index (χ1v) is 5.80. The van der Waals surface area contributed by atoms with Crippen LogP contribution in [-0.4, -0.2) is 9.78 Å². The summed E-state index contributed by atoms with van der Waals surface area (Å²) in [4.78, 5) is 0. The number of hydrogen-bond donors (Lipinski definition) is 0. The van der Waals surface area contributed by atoms with Gasteiger partial charge in [0.05, 0.1) is 0 Å². The van der Waals surface area contributed by atoms with Crippen LogP contribution in [0.15, 0.2) is 12.3 Å². The molecule has 1 aromatic heterocycles. The molecule has 2 unspecified atom stereocenters. The van der Waals surface area contributed by atoms with Crippen LogP contribution in [0.2, 0.25) is 0 Å². The summed E-state index contributed by atoms with van der Waals surface area (Å²) in [6, 6.07) is 2.19. The average molecular weight is 192 g/mol. The third kappa shape index (κ3) is 1.70. The fourth-order valence-electron chi connectivity index (χ4n) is 2.83.